The molecular formula is C17H21N3O3S. The van der Waals surface area contributed by atoms with Gasteiger partial charge in [-0.2, -0.15) is 5.10 Å². The van der Waals surface area contributed by atoms with Crippen LogP contribution in [0.1, 0.15) is 35.6 Å². The number of ether oxygens (including phenoxy) is 1. The van der Waals surface area contributed by atoms with E-state index in [1.165, 1.54) is 5.56 Å². The molecule has 24 heavy (non-hydrogen) atoms. The second-order valence-electron chi connectivity index (χ2n) is 6.54. The number of benzene rings is 1. The summed E-state index contributed by atoms with van der Waals surface area (Å²) in [5.41, 5.74) is 3.33. The quantitative estimate of drug-likeness (QED) is 0.914. The van der Waals surface area contributed by atoms with Crippen LogP contribution in [0.25, 0.3) is 0 Å². The molecule has 128 valence electrons. The minimum atomic E-state index is -3.56. The molecule has 2 heterocycles. The Balaban J connectivity index is 1.57. The van der Waals surface area contributed by atoms with E-state index in [2.05, 4.69) is 9.82 Å². The summed E-state index contributed by atoms with van der Waals surface area (Å²) in [5.74, 6) is 0. The summed E-state index contributed by atoms with van der Waals surface area (Å²) in [6.45, 7) is 0.539. The van der Waals surface area contributed by atoms with Gasteiger partial charge in [0.1, 0.15) is 6.10 Å². The lowest BCUT2D eigenvalue weighted by Gasteiger charge is -2.19. The SMILES string of the molecule is Cn1cc([C@H]2OCC[C@@H]2NS(=O)(=O)c2ccc3c(c2)CCC3)cn1. The highest BCUT2D eigenvalue weighted by molar-refractivity contribution is 7.89. The third-order valence-corrected chi connectivity index (χ3v) is 6.32. The van der Waals surface area contributed by atoms with Crippen molar-refractivity contribution < 1.29 is 13.2 Å². The van der Waals surface area contributed by atoms with Crippen LogP contribution in [0.4, 0.5) is 0 Å². The van der Waals surface area contributed by atoms with Crippen LogP contribution < -0.4 is 4.72 Å². The molecule has 2 aliphatic rings. The number of hydrogen-bond donors (Lipinski definition) is 1. The van der Waals surface area contributed by atoms with Gasteiger partial charge in [-0.1, -0.05) is 6.07 Å². The minimum absolute atomic E-state index is 0.271. The maximum absolute atomic E-state index is 12.8. The fourth-order valence-electron chi connectivity index (χ4n) is 3.61. The van der Waals surface area contributed by atoms with E-state index in [0.29, 0.717) is 17.9 Å². The van der Waals surface area contributed by atoms with Gasteiger partial charge in [0.2, 0.25) is 10.0 Å². The molecule has 1 aromatic carbocycles. The molecule has 1 saturated heterocycles. The number of aryl methyl sites for hydroxylation is 3. The van der Waals surface area contributed by atoms with E-state index in [1.807, 2.05) is 25.4 Å². The van der Waals surface area contributed by atoms with E-state index >= 15 is 0 Å². The molecule has 7 heteroatoms. The Labute approximate surface area is 141 Å². The largest absolute Gasteiger partial charge is 0.372 e. The normalized spacial score (nSPS) is 23.5. The highest BCUT2D eigenvalue weighted by Gasteiger charge is 2.34. The molecule has 6 nitrogen and oxygen atoms in total. The Hall–Kier alpha value is -1.70. The van der Waals surface area contributed by atoms with Crippen LogP contribution in [0.5, 0.6) is 0 Å². The number of nitrogens with zero attached hydrogens (tertiary/aromatic N) is 2. The summed E-state index contributed by atoms with van der Waals surface area (Å²) in [6.07, 6.45) is 7.07. The highest BCUT2D eigenvalue weighted by Crippen LogP contribution is 2.31. The van der Waals surface area contributed by atoms with Crippen LogP contribution in [-0.2, 0) is 34.6 Å². The molecule has 0 saturated carbocycles. The van der Waals surface area contributed by atoms with Gasteiger partial charge in [0.25, 0.3) is 0 Å². The lowest BCUT2D eigenvalue weighted by Crippen LogP contribution is -2.36. The monoisotopic (exact) mass is 347 g/mol. The zero-order valence-electron chi connectivity index (χ0n) is 13.6. The minimum Gasteiger partial charge on any atom is -0.372 e. The number of sulfonamides is 1. The Morgan fingerprint density at radius 3 is 2.92 bits per heavy atom. The smallest absolute Gasteiger partial charge is 0.240 e. The Bertz CT molecular complexity index is 860. The summed E-state index contributed by atoms with van der Waals surface area (Å²) in [4.78, 5) is 0.347. The standard InChI is InChI=1S/C17H21N3O3S/c1-20-11-14(10-18-20)17-16(7-8-23-17)19-24(21,22)15-6-5-12-3-2-4-13(12)9-15/h5-6,9-11,16-17,19H,2-4,7-8H2,1H3/t16-,17+/m0/s1. The zero-order chi connectivity index (χ0) is 16.7. The Morgan fingerprint density at radius 2 is 2.12 bits per heavy atom. The molecule has 2 aromatic rings. The molecule has 0 radical (unpaired) electrons. The summed E-state index contributed by atoms with van der Waals surface area (Å²) in [5, 5.41) is 4.15. The maximum atomic E-state index is 12.8. The number of aromatic nitrogens is 2. The van der Waals surface area contributed by atoms with Crippen molar-refractivity contribution in [3.63, 3.8) is 0 Å². The van der Waals surface area contributed by atoms with Gasteiger partial charge >= 0.3 is 0 Å². The van der Waals surface area contributed by atoms with Crippen LogP contribution >= 0.6 is 0 Å². The fourth-order valence-corrected chi connectivity index (χ4v) is 4.93. The van der Waals surface area contributed by atoms with E-state index in [9.17, 15) is 8.42 Å². The topological polar surface area (TPSA) is 73.2 Å². The van der Waals surface area contributed by atoms with Crippen LogP contribution in [-0.4, -0.2) is 30.8 Å². The second-order valence-corrected chi connectivity index (χ2v) is 8.25. The van der Waals surface area contributed by atoms with Crippen molar-refractivity contribution in [1.82, 2.24) is 14.5 Å². The molecule has 1 aliphatic heterocycles. The third kappa shape index (κ3) is 2.87. The van der Waals surface area contributed by atoms with E-state index < -0.39 is 10.0 Å². The number of hydrogen-bond acceptors (Lipinski definition) is 4. The summed E-state index contributed by atoms with van der Waals surface area (Å²) in [6, 6.07) is 5.20. The average Bonchev–Trinajstić information content (AvgIpc) is 3.26. The first kappa shape index (κ1) is 15.8. The van der Waals surface area contributed by atoms with E-state index in [4.69, 9.17) is 4.74 Å². The zero-order valence-corrected chi connectivity index (χ0v) is 14.4. The van der Waals surface area contributed by atoms with Gasteiger partial charge in [0, 0.05) is 25.4 Å². The Kier molecular flexibility index (Phi) is 3.94. The number of nitrogens with one attached hydrogen (secondary N) is 1. The van der Waals surface area contributed by atoms with Gasteiger partial charge in [-0.3, -0.25) is 4.68 Å². The molecular weight excluding hydrogens is 326 g/mol. The predicted molar refractivity (Wildman–Crippen MR) is 89.1 cm³/mol. The van der Waals surface area contributed by atoms with Gasteiger partial charge in [-0.15, -0.1) is 0 Å². The average molecular weight is 347 g/mol. The van der Waals surface area contributed by atoms with Crippen molar-refractivity contribution in [3.8, 4) is 0 Å². The molecule has 0 amide bonds. The third-order valence-electron chi connectivity index (χ3n) is 4.83. The van der Waals surface area contributed by atoms with Gasteiger partial charge in [-0.05, 0) is 48.9 Å². The van der Waals surface area contributed by atoms with E-state index in [0.717, 1.165) is 30.4 Å². The summed E-state index contributed by atoms with van der Waals surface area (Å²) < 4.78 is 35.8. The van der Waals surface area contributed by atoms with E-state index in [1.54, 1.807) is 16.9 Å². The summed E-state index contributed by atoms with van der Waals surface area (Å²) in [7, 11) is -1.72. The molecule has 0 unspecified atom stereocenters. The first-order valence-corrected chi connectivity index (χ1v) is 9.75. The maximum Gasteiger partial charge on any atom is 0.240 e. The van der Waals surface area contributed by atoms with Crippen molar-refractivity contribution in [2.75, 3.05) is 6.61 Å². The van der Waals surface area contributed by atoms with Crippen molar-refractivity contribution in [2.24, 2.45) is 7.05 Å². The van der Waals surface area contributed by atoms with Gasteiger partial charge in [0.15, 0.2) is 0 Å². The van der Waals surface area contributed by atoms with E-state index in [-0.39, 0.29) is 12.1 Å². The van der Waals surface area contributed by atoms with Gasteiger partial charge in [-0.25, -0.2) is 13.1 Å². The van der Waals surface area contributed by atoms with Gasteiger partial charge in [0.05, 0.1) is 17.1 Å². The molecule has 4 rings (SSSR count). The molecule has 1 aromatic heterocycles. The van der Waals surface area contributed by atoms with Crippen molar-refractivity contribution in [2.45, 2.75) is 42.7 Å². The van der Waals surface area contributed by atoms with Crippen molar-refractivity contribution >= 4 is 10.0 Å². The Morgan fingerprint density at radius 1 is 1.29 bits per heavy atom. The first-order valence-electron chi connectivity index (χ1n) is 8.27. The number of rotatable bonds is 4. The molecule has 0 bridgehead atoms. The molecule has 1 fully saturated rings. The fraction of sp³-hybridized carbons (Fsp3) is 0.471. The van der Waals surface area contributed by atoms with Crippen LogP contribution in [0, 0.1) is 0 Å². The lowest BCUT2D eigenvalue weighted by molar-refractivity contribution is 0.102. The lowest BCUT2D eigenvalue weighted by atomic mass is 10.1. The number of fused-ring (bicyclic) bond motifs is 1. The van der Waals surface area contributed by atoms with Crippen LogP contribution in [0.3, 0.4) is 0 Å². The van der Waals surface area contributed by atoms with Crippen molar-refractivity contribution in [1.29, 1.82) is 0 Å². The summed E-state index contributed by atoms with van der Waals surface area (Å²) >= 11 is 0. The molecule has 2 atom stereocenters. The molecule has 1 aliphatic carbocycles. The van der Waals surface area contributed by atoms with Crippen LogP contribution in [0.2, 0.25) is 0 Å². The first-order chi connectivity index (χ1) is 11.5. The highest BCUT2D eigenvalue weighted by atomic mass is 32.2. The second kappa shape index (κ2) is 5.98. The van der Waals surface area contributed by atoms with Crippen LogP contribution in [0.15, 0.2) is 35.5 Å². The predicted octanol–water partition coefficient (Wildman–Crippen LogP) is 1.72. The van der Waals surface area contributed by atoms with Gasteiger partial charge < -0.3 is 4.74 Å². The molecule has 1 N–H and O–H groups in total. The molecule has 0 spiro atoms. The van der Waals surface area contributed by atoms with Crippen molar-refractivity contribution in [3.05, 3.63) is 47.3 Å².